The third-order valence-electron chi connectivity index (χ3n) is 2.99. The first-order valence-electron chi connectivity index (χ1n) is 6.35. The molecule has 3 nitrogen and oxygen atoms in total. The van der Waals surface area contributed by atoms with Gasteiger partial charge in [-0.3, -0.25) is 4.79 Å². The van der Waals surface area contributed by atoms with Gasteiger partial charge in [0.25, 0.3) is 0 Å². The molecule has 1 aromatic rings. The number of halogens is 1. The summed E-state index contributed by atoms with van der Waals surface area (Å²) in [5, 5.41) is 3.61. The van der Waals surface area contributed by atoms with Gasteiger partial charge in [0.15, 0.2) is 0 Å². The molecule has 4 heteroatoms. The Morgan fingerprint density at radius 2 is 2.00 bits per heavy atom. The molecule has 0 spiro atoms. The number of benzene rings is 1. The molecule has 0 aromatic heterocycles. The fourth-order valence-corrected chi connectivity index (χ4v) is 1.86. The molecule has 0 aliphatic carbocycles. The summed E-state index contributed by atoms with van der Waals surface area (Å²) >= 11 is 5.94. The van der Waals surface area contributed by atoms with Crippen molar-refractivity contribution in [3.05, 3.63) is 28.8 Å². The quantitative estimate of drug-likeness (QED) is 0.858. The van der Waals surface area contributed by atoms with Crippen LogP contribution >= 0.6 is 11.6 Å². The van der Waals surface area contributed by atoms with Crippen molar-refractivity contribution in [2.24, 2.45) is 0 Å². The van der Waals surface area contributed by atoms with Gasteiger partial charge in [-0.2, -0.15) is 0 Å². The summed E-state index contributed by atoms with van der Waals surface area (Å²) in [4.78, 5) is 14.0. The molecule has 0 heterocycles. The summed E-state index contributed by atoms with van der Waals surface area (Å²) in [5.74, 6) is 0.0450. The number of carbonyl (C=O) groups excluding carboxylic acids is 1. The maximum Gasteiger partial charge on any atom is 0.225 e. The number of amides is 1. The molecule has 0 atom stereocenters. The topological polar surface area (TPSA) is 32.3 Å². The van der Waals surface area contributed by atoms with Crippen LogP contribution in [0.25, 0.3) is 0 Å². The van der Waals surface area contributed by atoms with Crippen LogP contribution in [-0.4, -0.2) is 30.4 Å². The molecule has 0 fully saturated rings. The van der Waals surface area contributed by atoms with Gasteiger partial charge in [0.05, 0.1) is 0 Å². The van der Waals surface area contributed by atoms with Gasteiger partial charge in [-0.25, -0.2) is 0 Å². The van der Waals surface area contributed by atoms with E-state index in [-0.39, 0.29) is 5.91 Å². The molecular weight excluding hydrogens is 248 g/mol. The van der Waals surface area contributed by atoms with Crippen molar-refractivity contribution in [1.82, 2.24) is 4.90 Å². The number of anilines is 1. The Morgan fingerprint density at radius 1 is 1.33 bits per heavy atom. The minimum atomic E-state index is 0.0450. The third kappa shape index (κ3) is 4.67. The lowest BCUT2D eigenvalue weighted by atomic mass is 10.2. The molecular formula is C14H21ClN2O. The molecule has 1 aromatic carbocycles. The molecule has 18 heavy (non-hydrogen) atoms. The van der Waals surface area contributed by atoms with E-state index in [1.807, 2.05) is 19.1 Å². The molecule has 0 radical (unpaired) electrons. The second-order valence-corrected chi connectivity index (χ2v) is 4.70. The van der Waals surface area contributed by atoms with Gasteiger partial charge in [0, 0.05) is 23.7 Å². The number of nitrogens with one attached hydrogen (secondary N) is 1. The van der Waals surface area contributed by atoms with Crippen LogP contribution in [0.2, 0.25) is 5.02 Å². The Balaban J connectivity index is 2.46. The SMILES string of the molecule is CCN(CC)CCC(=O)Nc1ccc(Cl)c(C)c1. The fourth-order valence-electron chi connectivity index (χ4n) is 1.75. The van der Waals surface area contributed by atoms with Crippen LogP contribution in [0.5, 0.6) is 0 Å². The minimum Gasteiger partial charge on any atom is -0.326 e. The summed E-state index contributed by atoms with van der Waals surface area (Å²) in [7, 11) is 0. The van der Waals surface area contributed by atoms with Crippen molar-refractivity contribution in [2.75, 3.05) is 25.0 Å². The molecule has 0 unspecified atom stereocenters. The maximum atomic E-state index is 11.8. The Bertz CT molecular complexity index is 403. The first-order valence-corrected chi connectivity index (χ1v) is 6.73. The fraction of sp³-hybridized carbons (Fsp3) is 0.500. The van der Waals surface area contributed by atoms with Crippen LogP contribution in [0.4, 0.5) is 5.69 Å². The lowest BCUT2D eigenvalue weighted by Gasteiger charge is -2.17. The number of rotatable bonds is 6. The summed E-state index contributed by atoms with van der Waals surface area (Å²) < 4.78 is 0. The van der Waals surface area contributed by atoms with Crippen molar-refractivity contribution < 1.29 is 4.79 Å². The Hall–Kier alpha value is -1.06. The highest BCUT2D eigenvalue weighted by atomic mass is 35.5. The second-order valence-electron chi connectivity index (χ2n) is 4.29. The van der Waals surface area contributed by atoms with Crippen LogP contribution < -0.4 is 5.32 Å². The molecule has 0 aliphatic heterocycles. The Labute approximate surface area is 114 Å². The first kappa shape index (κ1) is 15.0. The van der Waals surface area contributed by atoms with Gasteiger partial charge < -0.3 is 10.2 Å². The predicted molar refractivity (Wildman–Crippen MR) is 77.2 cm³/mol. The second kappa shape index (κ2) is 7.39. The lowest BCUT2D eigenvalue weighted by Crippen LogP contribution is -2.27. The zero-order valence-electron chi connectivity index (χ0n) is 11.3. The van der Waals surface area contributed by atoms with E-state index in [0.29, 0.717) is 6.42 Å². The molecule has 0 saturated carbocycles. The highest BCUT2D eigenvalue weighted by Crippen LogP contribution is 2.19. The van der Waals surface area contributed by atoms with Crippen LogP contribution in [-0.2, 0) is 4.79 Å². The van der Waals surface area contributed by atoms with Gasteiger partial charge in [-0.05, 0) is 43.8 Å². The molecule has 0 bridgehead atoms. The van der Waals surface area contributed by atoms with Crippen molar-refractivity contribution in [1.29, 1.82) is 0 Å². The highest BCUT2D eigenvalue weighted by molar-refractivity contribution is 6.31. The van der Waals surface area contributed by atoms with E-state index in [1.165, 1.54) is 0 Å². The van der Waals surface area contributed by atoms with Gasteiger partial charge in [0.2, 0.25) is 5.91 Å². The zero-order valence-corrected chi connectivity index (χ0v) is 12.0. The number of hydrogen-bond acceptors (Lipinski definition) is 2. The van der Waals surface area contributed by atoms with E-state index in [1.54, 1.807) is 6.07 Å². The standard InChI is InChI=1S/C14H21ClN2O/c1-4-17(5-2)9-8-14(18)16-12-6-7-13(15)11(3)10-12/h6-7,10H,4-5,8-9H2,1-3H3,(H,16,18). The first-order chi connectivity index (χ1) is 8.56. The van der Waals surface area contributed by atoms with E-state index in [4.69, 9.17) is 11.6 Å². The van der Waals surface area contributed by atoms with Crippen molar-refractivity contribution >= 4 is 23.2 Å². The number of nitrogens with zero attached hydrogens (tertiary/aromatic N) is 1. The number of hydrogen-bond donors (Lipinski definition) is 1. The maximum absolute atomic E-state index is 11.8. The highest BCUT2D eigenvalue weighted by Gasteiger charge is 2.06. The molecule has 1 rings (SSSR count). The molecule has 1 amide bonds. The zero-order chi connectivity index (χ0) is 13.5. The van der Waals surface area contributed by atoms with E-state index < -0.39 is 0 Å². The molecule has 1 N–H and O–H groups in total. The van der Waals surface area contributed by atoms with Crippen molar-refractivity contribution in [3.63, 3.8) is 0 Å². The van der Waals surface area contributed by atoms with Gasteiger partial charge in [0.1, 0.15) is 0 Å². The molecule has 0 saturated heterocycles. The van der Waals surface area contributed by atoms with Crippen molar-refractivity contribution in [3.8, 4) is 0 Å². The van der Waals surface area contributed by atoms with Crippen LogP contribution in [0.15, 0.2) is 18.2 Å². The van der Waals surface area contributed by atoms with Gasteiger partial charge >= 0.3 is 0 Å². The van der Waals surface area contributed by atoms with Gasteiger partial charge in [-0.15, -0.1) is 0 Å². The predicted octanol–water partition coefficient (Wildman–Crippen LogP) is 3.32. The smallest absolute Gasteiger partial charge is 0.225 e. The summed E-state index contributed by atoms with van der Waals surface area (Å²) in [5.41, 5.74) is 1.78. The summed E-state index contributed by atoms with van der Waals surface area (Å²) in [6, 6.07) is 5.51. The third-order valence-corrected chi connectivity index (χ3v) is 3.42. The lowest BCUT2D eigenvalue weighted by molar-refractivity contribution is -0.116. The number of carbonyl (C=O) groups is 1. The number of aryl methyl sites for hydroxylation is 1. The summed E-state index contributed by atoms with van der Waals surface area (Å²) in [6.07, 6.45) is 0.517. The Morgan fingerprint density at radius 3 is 2.56 bits per heavy atom. The van der Waals surface area contributed by atoms with E-state index in [9.17, 15) is 4.79 Å². The van der Waals surface area contributed by atoms with Crippen LogP contribution in [0, 0.1) is 6.92 Å². The molecule has 0 aliphatic rings. The average molecular weight is 269 g/mol. The minimum absolute atomic E-state index is 0.0450. The monoisotopic (exact) mass is 268 g/mol. The normalized spacial score (nSPS) is 10.7. The molecule has 100 valence electrons. The van der Waals surface area contributed by atoms with E-state index >= 15 is 0 Å². The van der Waals surface area contributed by atoms with E-state index in [2.05, 4.69) is 24.1 Å². The average Bonchev–Trinajstić information content (AvgIpc) is 2.35. The largest absolute Gasteiger partial charge is 0.326 e. The van der Waals surface area contributed by atoms with Crippen molar-refractivity contribution in [2.45, 2.75) is 27.2 Å². The van der Waals surface area contributed by atoms with Gasteiger partial charge in [-0.1, -0.05) is 25.4 Å². The Kier molecular flexibility index (Phi) is 6.16. The summed E-state index contributed by atoms with van der Waals surface area (Å²) in [6.45, 7) is 8.88. The van der Waals surface area contributed by atoms with E-state index in [0.717, 1.165) is 35.9 Å². The van der Waals surface area contributed by atoms with Crippen LogP contribution in [0.3, 0.4) is 0 Å². The van der Waals surface area contributed by atoms with Crippen LogP contribution in [0.1, 0.15) is 25.8 Å².